The molecule has 1 aromatic carbocycles. The van der Waals surface area contributed by atoms with Crippen LogP contribution in [0.25, 0.3) is 5.57 Å². The van der Waals surface area contributed by atoms with Crippen LogP contribution in [0.15, 0.2) is 36.9 Å². The third-order valence-corrected chi connectivity index (χ3v) is 3.61. The minimum absolute atomic E-state index is 0.102. The van der Waals surface area contributed by atoms with Crippen molar-refractivity contribution in [1.29, 1.82) is 0 Å². The van der Waals surface area contributed by atoms with Gasteiger partial charge in [0.25, 0.3) is 0 Å². The van der Waals surface area contributed by atoms with Gasteiger partial charge in [0.1, 0.15) is 5.60 Å². The molecule has 0 saturated carbocycles. The molecule has 18 heavy (non-hydrogen) atoms. The van der Waals surface area contributed by atoms with Crippen molar-refractivity contribution in [2.24, 2.45) is 0 Å². The van der Waals surface area contributed by atoms with Crippen LogP contribution in [-0.4, -0.2) is 36.5 Å². The second-order valence-electron chi connectivity index (χ2n) is 4.94. The molecule has 3 heteroatoms. The third kappa shape index (κ3) is 2.99. The maximum atomic E-state index is 10.3. The van der Waals surface area contributed by atoms with Gasteiger partial charge < -0.3 is 15.2 Å². The van der Waals surface area contributed by atoms with Crippen molar-refractivity contribution in [2.45, 2.75) is 25.0 Å². The normalized spacial score (nSPS) is 27.3. The molecule has 0 aliphatic carbocycles. The molecule has 0 aromatic heterocycles. The highest BCUT2D eigenvalue weighted by atomic mass is 16.5. The van der Waals surface area contributed by atoms with Crippen molar-refractivity contribution in [1.82, 2.24) is 5.32 Å². The van der Waals surface area contributed by atoms with Crippen LogP contribution in [0.1, 0.15) is 18.9 Å². The molecule has 1 aliphatic heterocycles. The predicted octanol–water partition coefficient (Wildman–Crippen LogP) is 1.83. The van der Waals surface area contributed by atoms with E-state index in [2.05, 4.69) is 11.9 Å². The van der Waals surface area contributed by atoms with E-state index in [-0.39, 0.29) is 6.10 Å². The lowest BCUT2D eigenvalue weighted by Gasteiger charge is -2.26. The van der Waals surface area contributed by atoms with Crippen molar-refractivity contribution in [3.8, 4) is 0 Å². The summed E-state index contributed by atoms with van der Waals surface area (Å²) in [6.45, 7) is 7.83. The van der Waals surface area contributed by atoms with Gasteiger partial charge in [-0.05, 0) is 18.1 Å². The second kappa shape index (κ2) is 5.65. The van der Waals surface area contributed by atoms with Crippen molar-refractivity contribution in [2.75, 3.05) is 19.7 Å². The first-order chi connectivity index (χ1) is 8.62. The van der Waals surface area contributed by atoms with Gasteiger partial charge in [-0.3, -0.25) is 0 Å². The van der Waals surface area contributed by atoms with E-state index in [1.54, 1.807) is 0 Å². The lowest BCUT2D eigenvalue weighted by Crippen LogP contribution is -2.46. The molecule has 0 amide bonds. The maximum absolute atomic E-state index is 10.3. The second-order valence-corrected chi connectivity index (χ2v) is 4.94. The smallest absolute Gasteiger partial charge is 0.105 e. The molecule has 98 valence electrons. The van der Waals surface area contributed by atoms with Crippen molar-refractivity contribution >= 4 is 5.57 Å². The number of benzene rings is 1. The molecule has 1 saturated heterocycles. The molecule has 3 nitrogen and oxygen atoms in total. The van der Waals surface area contributed by atoms with Gasteiger partial charge in [0.05, 0.1) is 6.10 Å². The van der Waals surface area contributed by atoms with E-state index in [4.69, 9.17) is 4.74 Å². The van der Waals surface area contributed by atoms with E-state index >= 15 is 0 Å². The predicted molar refractivity (Wildman–Crippen MR) is 73.3 cm³/mol. The zero-order chi connectivity index (χ0) is 13.0. The standard InChI is InChI=1S/C15H21NO2/c1-12(14-6-4-3-5-7-14)10-16-11-15(17)8-9-18-13(15)2/h3-7,13,16-17H,1,8-11H2,2H3. The van der Waals surface area contributed by atoms with Crippen LogP contribution in [-0.2, 0) is 4.74 Å². The summed E-state index contributed by atoms with van der Waals surface area (Å²) >= 11 is 0. The van der Waals surface area contributed by atoms with Crippen LogP contribution in [0.2, 0.25) is 0 Å². The highest BCUT2D eigenvalue weighted by Crippen LogP contribution is 2.24. The van der Waals surface area contributed by atoms with Gasteiger partial charge in [0, 0.05) is 26.1 Å². The SMILES string of the molecule is C=C(CNCC1(O)CCOC1C)c1ccccc1. The van der Waals surface area contributed by atoms with E-state index in [0.717, 1.165) is 11.1 Å². The summed E-state index contributed by atoms with van der Waals surface area (Å²) in [5.74, 6) is 0. The minimum Gasteiger partial charge on any atom is -0.386 e. The molecular formula is C15H21NO2. The summed E-state index contributed by atoms with van der Waals surface area (Å²) in [4.78, 5) is 0. The fourth-order valence-corrected chi connectivity index (χ4v) is 2.21. The molecule has 2 N–H and O–H groups in total. The Kier molecular flexibility index (Phi) is 4.17. The van der Waals surface area contributed by atoms with E-state index in [1.165, 1.54) is 0 Å². The van der Waals surface area contributed by atoms with Gasteiger partial charge in [-0.2, -0.15) is 0 Å². The average molecular weight is 247 g/mol. The summed E-state index contributed by atoms with van der Waals surface area (Å²) in [6.07, 6.45) is 0.592. The maximum Gasteiger partial charge on any atom is 0.105 e. The Morgan fingerprint density at radius 3 is 2.83 bits per heavy atom. The first-order valence-corrected chi connectivity index (χ1v) is 6.40. The minimum atomic E-state index is -0.739. The molecule has 2 rings (SSSR count). The van der Waals surface area contributed by atoms with Gasteiger partial charge in [0.15, 0.2) is 0 Å². The average Bonchev–Trinajstić information content (AvgIpc) is 2.71. The Morgan fingerprint density at radius 1 is 1.50 bits per heavy atom. The monoisotopic (exact) mass is 247 g/mol. The summed E-state index contributed by atoms with van der Waals surface area (Å²) in [5, 5.41) is 13.6. The van der Waals surface area contributed by atoms with Crippen LogP contribution < -0.4 is 5.32 Å². The van der Waals surface area contributed by atoms with Crippen molar-refractivity contribution < 1.29 is 9.84 Å². The van der Waals surface area contributed by atoms with Gasteiger partial charge in [-0.15, -0.1) is 0 Å². The van der Waals surface area contributed by atoms with Gasteiger partial charge >= 0.3 is 0 Å². The van der Waals surface area contributed by atoms with Crippen molar-refractivity contribution in [3.63, 3.8) is 0 Å². The Hall–Kier alpha value is -1.16. The number of aliphatic hydroxyl groups is 1. The molecular weight excluding hydrogens is 226 g/mol. The van der Waals surface area contributed by atoms with E-state index in [0.29, 0.717) is 26.1 Å². The van der Waals surface area contributed by atoms with Gasteiger partial charge in [-0.1, -0.05) is 36.9 Å². The first-order valence-electron chi connectivity index (χ1n) is 6.40. The Bertz CT molecular complexity index is 404. The summed E-state index contributed by atoms with van der Waals surface area (Å²) in [5.41, 5.74) is 1.43. The molecule has 0 radical (unpaired) electrons. The third-order valence-electron chi connectivity index (χ3n) is 3.61. The molecule has 2 unspecified atom stereocenters. The van der Waals surface area contributed by atoms with Crippen molar-refractivity contribution in [3.05, 3.63) is 42.5 Å². The van der Waals surface area contributed by atoms with Crippen LogP contribution in [0.3, 0.4) is 0 Å². The van der Waals surface area contributed by atoms with Crippen LogP contribution in [0.5, 0.6) is 0 Å². The van der Waals surface area contributed by atoms with Gasteiger partial charge in [-0.25, -0.2) is 0 Å². The summed E-state index contributed by atoms with van der Waals surface area (Å²) < 4.78 is 5.40. The van der Waals surface area contributed by atoms with Crippen LogP contribution >= 0.6 is 0 Å². The lowest BCUT2D eigenvalue weighted by atomic mass is 9.96. The number of hydrogen-bond donors (Lipinski definition) is 2. The molecule has 0 spiro atoms. The molecule has 2 atom stereocenters. The molecule has 1 aliphatic rings. The molecule has 1 aromatic rings. The molecule has 1 fully saturated rings. The molecule has 0 bridgehead atoms. The number of rotatable bonds is 5. The summed E-state index contributed by atoms with van der Waals surface area (Å²) in [7, 11) is 0. The fourth-order valence-electron chi connectivity index (χ4n) is 2.21. The summed E-state index contributed by atoms with van der Waals surface area (Å²) in [6, 6.07) is 10.1. The first kappa shape index (κ1) is 13.3. The highest BCUT2D eigenvalue weighted by Gasteiger charge is 2.38. The largest absolute Gasteiger partial charge is 0.386 e. The Morgan fingerprint density at radius 2 is 2.22 bits per heavy atom. The number of ether oxygens (including phenoxy) is 1. The van der Waals surface area contributed by atoms with Crippen LogP contribution in [0, 0.1) is 0 Å². The quantitative estimate of drug-likeness (QED) is 0.834. The molecule has 1 heterocycles. The fraction of sp³-hybridized carbons (Fsp3) is 0.467. The number of nitrogens with one attached hydrogen (secondary N) is 1. The van der Waals surface area contributed by atoms with E-state index in [9.17, 15) is 5.11 Å². The number of hydrogen-bond acceptors (Lipinski definition) is 3. The Balaban J connectivity index is 1.81. The van der Waals surface area contributed by atoms with Gasteiger partial charge in [0.2, 0.25) is 0 Å². The zero-order valence-electron chi connectivity index (χ0n) is 10.9. The highest BCUT2D eigenvalue weighted by molar-refractivity contribution is 5.64. The Labute approximate surface area is 108 Å². The zero-order valence-corrected chi connectivity index (χ0v) is 10.9. The lowest BCUT2D eigenvalue weighted by molar-refractivity contribution is -0.0254. The topological polar surface area (TPSA) is 41.5 Å². The van der Waals surface area contributed by atoms with E-state index in [1.807, 2.05) is 37.3 Å². The van der Waals surface area contributed by atoms with E-state index < -0.39 is 5.60 Å². The van der Waals surface area contributed by atoms with Crippen LogP contribution in [0.4, 0.5) is 0 Å².